The Bertz CT molecular complexity index is 839. The first-order chi connectivity index (χ1) is 12.1. The molecule has 25 heavy (non-hydrogen) atoms. The Labute approximate surface area is 148 Å². The fourth-order valence-electron chi connectivity index (χ4n) is 2.51. The summed E-state index contributed by atoms with van der Waals surface area (Å²) in [5.41, 5.74) is 2.51. The number of para-hydroxylation sites is 2. The van der Waals surface area contributed by atoms with Crippen molar-refractivity contribution in [1.82, 2.24) is 0 Å². The topological polar surface area (TPSA) is 38.3 Å². The van der Waals surface area contributed by atoms with Crippen LogP contribution in [0.25, 0.3) is 0 Å². The van der Waals surface area contributed by atoms with Crippen LogP contribution in [0.5, 0.6) is 11.5 Å². The largest absolute Gasteiger partial charge is 0.457 e. The van der Waals surface area contributed by atoms with Crippen molar-refractivity contribution in [3.63, 3.8) is 0 Å². The van der Waals surface area contributed by atoms with E-state index in [1.54, 1.807) is 12.1 Å². The van der Waals surface area contributed by atoms with Crippen LogP contribution >= 0.6 is 0 Å². The van der Waals surface area contributed by atoms with Gasteiger partial charge in [0.15, 0.2) is 0 Å². The first-order valence-electron chi connectivity index (χ1n) is 8.37. The van der Waals surface area contributed by atoms with Crippen LogP contribution in [-0.2, 0) is 0 Å². The van der Waals surface area contributed by atoms with Gasteiger partial charge >= 0.3 is 0 Å². The molecule has 3 rings (SSSR count). The average Bonchev–Trinajstić information content (AvgIpc) is 2.63. The molecule has 0 aliphatic carbocycles. The number of amides is 1. The lowest BCUT2D eigenvalue weighted by Gasteiger charge is -2.12. The van der Waals surface area contributed by atoms with Gasteiger partial charge in [-0.25, -0.2) is 0 Å². The summed E-state index contributed by atoms with van der Waals surface area (Å²) in [7, 11) is 0. The van der Waals surface area contributed by atoms with Gasteiger partial charge in [0.05, 0.1) is 5.56 Å². The van der Waals surface area contributed by atoms with Gasteiger partial charge in [0.25, 0.3) is 5.91 Å². The van der Waals surface area contributed by atoms with E-state index in [1.165, 1.54) is 5.56 Å². The molecule has 0 aliphatic heterocycles. The molecule has 0 heterocycles. The third-order valence-electron chi connectivity index (χ3n) is 3.94. The van der Waals surface area contributed by atoms with Crippen LogP contribution in [0.15, 0.2) is 78.9 Å². The Morgan fingerprint density at radius 3 is 2.16 bits per heavy atom. The number of carbonyl (C=O) groups is 1. The van der Waals surface area contributed by atoms with E-state index in [1.807, 2.05) is 66.7 Å². The Balaban J connectivity index is 1.78. The van der Waals surface area contributed by atoms with Crippen molar-refractivity contribution < 1.29 is 9.53 Å². The molecule has 3 heteroatoms. The van der Waals surface area contributed by atoms with E-state index in [-0.39, 0.29) is 5.91 Å². The second-order valence-electron chi connectivity index (χ2n) is 6.14. The van der Waals surface area contributed by atoms with Crippen LogP contribution in [0.2, 0.25) is 0 Å². The van der Waals surface area contributed by atoms with Crippen LogP contribution < -0.4 is 10.1 Å². The molecule has 0 aliphatic rings. The number of hydrogen-bond donors (Lipinski definition) is 1. The molecule has 1 N–H and O–H groups in total. The molecule has 1 amide bonds. The van der Waals surface area contributed by atoms with Gasteiger partial charge < -0.3 is 10.1 Å². The minimum absolute atomic E-state index is 0.191. The fraction of sp³-hybridized carbons (Fsp3) is 0.136. The van der Waals surface area contributed by atoms with E-state index in [0.717, 1.165) is 5.69 Å². The lowest BCUT2D eigenvalue weighted by Crippen LogP contribution is -2.13. The van der Waals surface area contributed by atoms with Crippen molar-refractivity contribution in [3.05, 3.63) is 90.0 Å². The minimum atomic E-state index is -0.191. The van der Waals surface area contributed by atoms with Crippen molar-refractivity contribution in [2.24, 2.45) is 0 Å². The van der Waals surface area contributed by atoms with E-state index < -0.39 is 0 Å². The molecule has 0 bridgehead atoms. The summed E-state index contributed by atoms with van der Waals surface area (Å²) < 4.78 is 5.86. The monoisotopic (exact) mass is 331 g/mol. The average molecular weight is 331 g/mol. The van der Waals surface area contributed by atoms with E-state index in [9.17, 15) is 4.79 Å². The van der Waals surface area contributed by atoms with Crippen LogP contribution in [0.3, 0.4) is 0 Å². The van der Waals surface area contributed by atoms with Gasteiger partial charge in [-0.05, 0) is 47.9 Å². The lowest BCUT2D eigenvalue weighted by atomic mass is 10.0. The van der Waals surface area contributed by atoms with E-state index in [0.29, 0.717) is 23.0 Å². The highest BCUT2D eigenvalue weighted by atomic mass is 16.5. The molecule has 0 saturated carbocycles. The zero-order chi connectivity index (χ0) is 17.6. The fourth-order valence-corrected chi connectivity index (χ4v) is 2.51. The Morgan fingerprint density at radius 2 is 1.48 bits per heavy atom. The first kappa shape index (κ1) is 16.8. The molecule has 0 unspecified atom stereocenters. The highest BCUT2D eigenvalue weighted by molar-refractivity contribution is 6.06. The number of nitrogens with one attached hydrogen (secondary N) is 1. The smallest absolute Gasteiger partial charge is 0.259 e. The summed E-state index contributed by atoms with van der Waals surface area (Å²) in [6.07, 6.45) is 0. The molecule has 3 aromatic rings. The van der Waals surface area contributed by atoms with E-state index in [4.69, 9.17) is 4.74 Å². The number of carbonyl (C=O) groups excluding carboxylic acids is 1. The van der Waals surface area contributed by atoms with Crippen LogP contribution in [-0.4, -0.2) is 5.91 Å². The Morgan fingerprint density at radius 1 is 0.840 bits per heavy atom. The van der Waals surface area contributed by atoms with Gasteiger partial charge in [-0.2, -0.15) is 0 Å². The second kappa shape index (κ2) is 7.67. The third kappa shape index (κ3) is 4.27. The maximum Gasteiger partial charge on any atom is 0.259 e. The standard InChI is InChI=1S/C22H21NO2/c1-16(2)17-12-14-18(15-13-17)23-22(24)20-10-6-7-11-21(20)25-19-8-4-3-5-9-19/h3-16H,1-2H3,(H,23,24). The lowest BCUT2D eigenvalue weighted by molar-refractivity contribution is 0.102. The first-order valence-corrected chi connectivity index (χ1v) is 8.37. The van der Waals surface area contributed by atoms with Gasteiger partial charge in [0.2, 0.25) is 0 Å². The highest BCUT2D eigenvalue weighted by Crippen LogP contribution is 2.26. The summed E-state index contributed by atoms with van der Waals surface area (Å²) in [4.78, 5) is 12.7. The maximum atomic E-state index is 12.7. The summed E-state index contributed by atoms with van der Waals surface area (Å²) in [6, 6.07) is 24.6. The van der Waals surface area contributed by atoms with E-state index in [2.05, 4.69) is 19.2 Å². The number of anilines is 1. The number of hydrogen-bond acceptors (Lipinski definition) is 2. The molecule has 126 valence electrons. The van der Waals surface area contributed by atoms with Crippen LogP contribution in [0.1, 0.15) is 35.7 Å². The van der Waals surface area contributed by atoms with Gasteiger partial charge in [0, 0.05) is 5.69 Å². The molecule has 3 nitrogen and oxygen atoms in total. The van der Waals surface area contributed by atoms with Gasteiger partial charge in [0.1, 0.15) is 11.5 Å². The summed E-state index contributed by atoms with van der Waals surface area (Å²) >= 11 is 0. The van der Waals surface area contributed by atoms with Gasteiger partial charge in [-0.3, -0.25) is 4.79 Å². The summed E-state index contributed by atoms with van der Waals surface area (Å²) in [6.45, 7) is 4.29. The van der Waals surface area contributed by atoms with Crippen molar-refractivity contribution in [2.45, 2.75) is 19.8 Å². The molecular formula is C22H21NO2. The zero-order valence-corrected chi connectivity index (χ0v) is 14.4. The predicted molar refractivity (Wildman–Crippen MR) is 101 cm³/mol. The number of ether oxygens (including phenoxy) is 1. The van der Waals surface area contributed by atoms with Crippen molar-refractivity contribution in [3.8, 4) is 11.5 Å². The summed E-state index contributed by atoms with van der Waals surface area (Å²) in [5.74, 6) is 1.50. The molecule has 0 atom stereocenters. The van der Waals surface area contributed by atoms with E-state index >= 15 is 0 Å². The van der Waals surface area contributed by atoms with Crippen molar-refractivity contribution >= 4 is 11.6 Å². The Kier molecular flexibility index (Phi) is 5.14. The third-order valence-corrected chi connectivity index (χ3v) is 3.94. The van der Waals surface area contributed by atoms with Gasteiger partial charge in [-0.15, -0.1) is 0 Å². The Hall–Kier alpha value is -3.07. The zero-order valence-electron chi connectivity index (χ0n) is 14.4. The summed E-state index contributed by atoms with van der Waals surface area (Å²) in [5, 5.41) is 2.93. The van der Waals surface area contributed by atoms with Crippen LogP contribution in [0.4, 0.5) is 5.69 Å². The van der Waals surface area contributed by atoms with Crippen LogP contribution in [0, 0.1) is 0 Å². The predicted octanol–water partition coefficient (Wildman–Crippen LogP) is 5.85. The number of rotatable bonds is 5. The molecule has 0 radical (unpaired) electrons. The molecular weight excluding hydrogens is 310 g/mol. The van der Waals surface area contributed by atoms with Crippen molar-refractivity contribution in [1.29, 1.82) is 0 Å². The second-order valence-corrected chi connectivity index (χ2v) is 6.14. The molecule has 0 spiro atoms. The van der Waals surface area contributed by atoms with Crippen molar-refractivity contribution in [2.75, 3.05) is 5.32 Å². The SMILES string of the molecule is CC(C)c1ccc(NC(=O)c2ccccc2Oc2ccccc2)cc1. The number of benzene rings is 3. The molecule has 0 fully saturated rings. The minimum Gasteiger partial charge on any atom is -0.457 e. The normalized spacial score (nSPS) is 10.5. The maximum absolute atomic E-state index is 12.7. The quantitative estimate of drug-likeness (QED) is 0.636. The van der Waals surface area contributed by atoms with Gasteiger partial charge in [-0.1, -0.05) is 56.3 Å². The highest BCUT2D eigenvalue weighted by Gasteiger charge is 2.13. The molecule has 0 aromatic heterocycles. The molecule has 0 saturated heterocycles. The molecule has 3 aromatic carbocycles.